The van der Waals surface area contributed by atoms with Crippen molar-refractivity contribution in [2.24, 2.45) is 0 Å². The van der Waals surface area contributed by atoms with Gasteiger partial charge in [-0.05, 0) is 50.5 Å². The first kappa shape index (κ1) is 23.9. The van der Waals surface area contributed by atoms with Crippen molar-refractivity contribution < 1.29 is 19.2 Å². The van der Waals surface area contributed by atoms with E-state index in [0.29, 0.717) is 40.2 Å². The first-order chi connectivity index (χ1) is 16.5. The van der Waals surface area contributed by atoms with E-state index in [2.05, 4.69) is 10.3 Å². The van der Waals surface area contributed by atoms with Gasteiger partial charge >= 0.3 is 5.97 Å². The van der Waals surface area contributed by atoms with E-state index in [1.54, 1.807) is 30.2 Å². The lowest BCUT2D eigenvalue weighted by Crippen LogP contribution is -2.38. The molecule has 1 amide bonds. The molecule has 2 aromatic carbocycles. The van der Waals surface area contributed by atoms with Crippen molar-refractivity contribution in [3.05, 3.63) is 76.3 Å². The van der Waals surface area contributed by atoms with Crippen molar-refractivity contribution in [2.75, 3.05) is 11.9 Å². The summed E-state index contributed by atoms with van der Waals surface area (Å²) in [7, 11) is 0. The number of aromatic nitrogens is 1. The molecule has 4 rings (SSSR count). The predicted molar refractivity (Wildman–Crippen MR) is 132 cm³/mol. The summed E-state index contributed by atoms with van der Waals surface area (Å²) in [4.78, 5) is 36.7. The molecule has 178 valence electrons. The van der Waals surface area contributed by atoms with Gasteiger partial charge in [-0.2, -0.15) is 0 Å². The number of hydrogen-bond acceptors (Lipinski definition) is 7. The maximum Gasteiger partial charge on any atom is 0.338 e. The molecule has 1 heterocycles. The number of ether oxygens (including phenoxy) is 1. The molecule has 0 spiro atoms. The molecule has 7 nitrogen and oxygen atoms in total. The second kappa shape index (κ2) is 11.3. The van der Waals surface area contributed by atoms with Crippen LogP contribution in [0, 0.1) is 6.92 Å². The van der Waals surface area contributed by atoms with Crippen LogP contribution in [0.15, 0.2) is 54.6 Å². The number of aryl methyl sites for hydroxylation is 1. The van der Waals surface area contributed by atoms with E-state index < -0.39 is 0 Å². The molecule has 1 aromatic heterocycles. The lowest BCUT2D eigenvalue weighted by Gasteiger charge is -2.27. The Morgan fingerprint density at radius 3 is 2.62 bits per heavy atom. The molecule has 1 aliphatic carbocycles. The van der Waals surface area contributed by atoms with E-state index in [1.807, 2.05) is 43.3 Å². The highest BCUT2D eigenvalue weighted by Crippen LogP contribution is 2.31. The van der Waals surface area contributed by atoms with Gasteiger partial charge in [-0.1, -0.05) is 60.6 Å². The Labute approximate surface area is 203 Å². The van der Waals surface area contributed by atoms with Crippen molar-refractivity contribution in [1.29, 1.82) is 0 Å². The molecule has 34 heavy (non-hydrogen) atoms. The van der Waals surface area contributed by atoms with Crippen LogP contribution in [0.25, 0.3) is 0 Å². The van der Waals surface area contributed by atoms with E-state index in [1.165, 1.54) is 11.3 Å². The number of amides is 1. The Balaban J connectivity index is 1.50. The zero-order valence-corrected chi connectivity index (χ0v) is 20.3. The number of benzene rings is 2. The lowest BCUT2D eigenvalue weighted by atomic mass is 10.2. The van der Waals surface area contributed by atoms with Gasteiger partial charge in [-0.25, -0.2) is 14.8 Å². The van der Waals surface area contributed by atoms with Crippen LogP contribution in [0.5, 0.6) is 0 Å². The SMILES string of the molecule is CCOC(=O)c1cccc(Nc2nc(C)c(C(=O)N(OCc3ccccc3)C3CCCC3)s2)c1. The molecular weight excluding hydrogens is 450 g/mol. The molecule has 0 atom stereocenters. The summed E-state index contributed by atoms with van der Waals surface area (Å²) in [5, 5.41) is 5.35. The fourth-order valence-corrected chi connectivity index (χ4v) is 4.91. The number of esters is 1. The first-order valence-corrected chi connectivity index (χ1v) is 12.4. The largest absolute Gasteiger partial charge is 0.462 e. The van der Waals surface area contributed by atoms with Crippen molar-refractivity contribution >= 4 is 34.0 Å². The summed E-state index contributed by atoms with van der Waals surface area (Å²) < 4.78 is 5.07. The number of carbonyl (C=O) groups is 2. The quantitative estimate of drug-likeness (QED) is 0.305. The van der Waals surface area contributed by atoms with E-state index in [-0.39, 0.29) is 17.9 Å². The van der Waals surface area contributed by atoms with Crippen molar-refractivity contribution in [3.8, 4) is 0 Å². The number of carbonyl (C=O) groups excluding carboxylic acids is 2. The molecule has 1 aliphatic rings. The Morgan fingerprint density at radius 2 is 1.88 bits per heavy atom. The fraction of sp³-hybridized carbons (Fsp3) is 0.346. The minimum absolute atomic E-state index is 0.0652. The molecule has 1 N–H and O–H groups in total. The van der Waals surface area contributed by atoms with Crippen molar-refractivity contribution in [3.63, 3.8) is 0 Å². The topological polar surface area (TPSA) is 80.8 Å². The maximum atomic E-state index is 13.5. The van der Waals surface area contributed by atoms with Gasteiger partial charge in [0.2, 0.25) is 0 Å². The van der Waals surface area contributed by atoms with E-state index >= 15 is 0 Å². The summed E-state index contributed by atoms with van der Waals surface area (Å²) in [6, 6.07) is 17.0. The third-order valence-electron chi connectivity index (χ3n) is 5.69. The van der Waals surface area contributed by atoms with Gasteiger partial charge < -0.3 is 10.1 Å². The summed E-state index contributed by atoms with van der Waals surface area (Å²) >= 11 is 1.29. The highest BCUT2D eigenvalue weighted by Gasteiger charge is 2.31. The average molecular weight is 480 g/mol. The number of thiazole rings is 1. The average Bonchev–Trinajstić information content (AvgIpc) is 3.50. The number of hydroxylamine groups is 2. The Hall–Kier alpha value is -3.23. The molecule has 1 fully saturated rings. The minimum atomic E-state index is -0.375. The molecule has 1 saturated carbocycles. The Morgan fingerprint density at radius 1 is 1.12 bits per heavy atom. The van der Waals surface area contributed by atoms with Crippen LogP contribution >= 0.6 is 11.3 Å². The van der Waals surface area contributed by atoms with Gasteiger partial charge in [-0.15, -0.1) is 0 Å². The Bertz CT molecular complexity index is 1130. The van der Waals surface area contributed by atoms with Crippen molar-refractivity contribution in [2.45, 2.75) is 52.2 Å². The summed E-state index contributed by atoms with van der Waals surface area (Å²) in [5.74, 6) is -0.536. The monoisotopic (exact) mass is 479 g/mol. The van der Waals surface area contributed by atoms with Gasteiger partial charge in [0.15, 0.2) is 5.13 Å². The third kappa shape index (κ3) is 5.81. The minimum Gasteiger partial charge on any atom is -0.462 e. The van der Waals surface area contributed by atoms with Gasteiger partial charge in [0, 0.05) is 5.69 Å². The number of anilines is 2. The van der Waals surface area contributed by atoms with Crippen LogP contribution in [0.1, 0.15) is 63.9 Å². The third-order valence-corrected chi connectivity index (χ3v) is 6.75. The van der Waals surface area contributed by atoms with Crippen LogP contribution in [0.4, 0.5) is 10.8 Å². The highest BCUT2D eigenvalue weighted by atomic mass is 32.1. The zero-order chi connectivity index (χ0) is 23.9. The smallest absolute Gasteiger partial charge is 0.338 e. The second-order valence-corrected chi connectivity index (χ2v) is 9.19. The highest BCUT2D eigenvalue weighted by molar-refractivity contribution is 7.17. The predicted octanol–water partition coefficient (Wildman–Crippen LogP) is 5.89. The molecule has 0 unspecified atom stereocenters. The molecular formula is C26H29N3O4S. The van der Waals surface area contributed by atoms with E-state index in [4.69, 9.17) is 9.57 Å². The zero-order valence-electron chi connectivity index (χ0n) is 19.5. The van der Waals surface area contributed by atoms with Crippen LogP contribution in [0.3, 0.4) is 0 Å². The second-order valence-electron chi connectivity index (χ2n) is 8.19. The van der Waals surface area contributed by atoms with Gasteiger partial charge in [0.25, 0.3) is 5.91 Å². The molecule has 8 heteroatoms. The van der Waals surface area contributed by atoms with Crippen LogP contribution in [-0.2, 0) is 16.2 Å². The first-order valence-electron chi connectivity index (χ1n) is 11.6. The molecule has 0 saturated heterocycles. The fourth-order valence-electron chi connectivity index (χ4n) is 4.00. The number of nitrogens with one attached hydrogen (secondary N) is 1. The van der Waals surface area contributed by atoms with Gasteiger partial charge in [0.1, 0.15) is 11.5 Å². The molecule has 0 bridgehead atoms. The van der Waals surface area contributed by atoms with E-state index in [0.717, 1.165) is 31.2 Å². The van der Waals surface area contributed by atoms with Gasteiger partial charge in [0.05, 0.1) is 23.9 Å². The number of rotatable bonds is 9. The summed E-state index contributed by atoms with van der Waals surface area (Å²) in [6.45, 7) is 4.26. The number of hydrogen-bond donors (Lipinski definition) is 1. The lowest BCUT2D eigenvalue weighted by molar-refractivity contribution is -0.157. The van der Waals surface area contributed by atoms with Crippen molar-refractivity contribution in [1.82, 2.24) is 10.0 Å². The van der Waals surface area contributed by atoms with Gasteiger partial charge in [-0.3, -0.25) is 9.63 Å². The van der Waals surface area contributed by atoms with E-state index in [9.17, 15) is 9.59 Å². The number of nitrogens with zero attached hydrogens (tertiary/aromatic N) is 2. The standard InChI is InChI=1S/C26H29N3O4S/c1-3-32-25(31)20-12-9-13-21(16-20)28-26-27-18(2)23(34-26)24(30)29(22-14-7-8-15-22)33-17-19-10-5-4-6-11-19/h4-6,9-13,16,22H,3,7-8,14-15,17H2,1-2H3,(H,27,28). The molecule has 0 aliphatic heterocycles. The maximum absolute atomic E-state index is 13.5. The molecule has 3 aromatic rings. The summed E-state index contributed by atoms with van der Waals surface area (Å²) in [5.41, 5.74) is 2.82. The summed E-state index contributed by atoms with van der Waals surface area (Å²) in [6.07, 6.45) is 4.05. The van der Waals surface area contributed by atoms with Crippen LogP contribution in [0.2, 0.25) is 0 Å². The Kier molecular flexibility index (Phi) is 7.92. The van der Waals surface area contributed by atoms with Crippen LogP contribution in [-0.4, -0.2) is 34.6 Å². The normalized spacial score (nSPS) is 13.6. The van der Waals surface area contributed by atoms with Crippen LogP contribution < -0.4 is 5.32 Å². The molecule has 0 radical (unpaired) electrons.